The third-order valence-corrected chi connectivity index (χ3v) is 5.60. The molecule has 25 heavy (non-hydrogen) atoms. The molecule has 1 saturated carbocycles. The lowest BCUT2D eigenvalue weighted by Gasteiger charge is -2.13. The molecule has 1 aliphatic heterocycles. The Morgan fingerprint density at radius 2 is 2.00 bits per heavy atom. The van der Waals surface area contributed by atoms with Crippen LogP contribution in [0.15, 0.2) is 0 Å². The number of nitrogens with one attached hydrogen (secondary N) is 1. The van der Waals surface area contributed by atoms with Crippen molar-refractivity contribution in [2.45, 2.75) is 39.5 Å². The number of rotatable bonds is 5. The first-order chi connectivity index (χ1) is 11.9. The van der Waals surface area contributed by atoms with E-state index in [0.29, 0.717) is 24.4 Å². The van der Waals surface area contributed by atoms with Crippen LogP contribution in [-0.4, -0.2) is 41.7 Å². The van der Waals surface area contributed by atoms with Crippen LogP contribution >= 0.6 is 11.3 Å². The van der Waals surface area contributed by atoms with Crippen molar-refractivity contribution in [1.29, 1.82) is 0 Å². The van der Waals surface area contributed by atoms with Crippen LogP contribution in [0, 0.1) is 19.8 Å². The van der Waals surface area contributed by atoms with Crippen LogP contribution in [-0.2, 0) is 19.1 Å². The highest BCUT2D eigenvalue weighted by molar-refractivity contribution is 7.16. The van der Waals surface area contributed by atoms with E-state index in [1.54, 1.807) is 6.92 Å². The minimum absolute atomic E-state index is 0.0225. The van der Waals surface area contributed by atoms with E-state index in [-0.39, 0.29) is 23.3 Å². The molecule has 0 unspecified atom stereocenters. The number of hydrogen-bond donors (Lipinski definition) is 1. The predicted octanol–water partition coefficient (Wildman–Crippen LogP) is 2.02. The van der Waals surface area contributed by atoms with Crippen LogP contribution in [0.5, 0.6) is 0 Å². The highest BCUT2D eigenvalue weighted by Gasteiger charge is 2.32. The summed E-state index contributed by atoms with van der Waals surface area (Å²) in [5.74, 6) is -1.47. The fraction of sp³-hybridized carbons (Fsp3) is 0.529. The Labute approximate surface area is 149 Å². The number of anilines is 1. The number of amides is 3. The predicted molar refractivity (Wildman–Crippen MR) is 91.4 cm³/mol. The third kappa shape index (κ3) is 3.73. The summed E-state index contributed by atoms with van der Waals surface area (Å²) in [5.41, 5.74) is 1.02. The van der Waals surface area contributed by atoms with E-state index in [4.69, 9.17) is 4.74 Å². The van der Waals surface area contributed by atoms with Crippen molar-refractivity contribution in [2.24, 2.45) is 5.92 Å². The lowest BCUT2D eigenvalue weighted by Crippen LogP contribution is -2.35. The second kappa shape index (κ2) is 6.95. The molecule has 3 rings (SSSR count). The van der Waals surface area contributed by atoms with Crippen molar-refractivity contribution in [3.05, 3.63) is 16.0 Å². The van der Waals surface area contributed by atoms with E-state index >= 15 is 0 Å². The number of carbonyl (C=O) groups is 4. The van der Waals surface area contributed by atoms with Crippen molar-refractivity contribution >= 4 is 40.0 Å². The average molecular weight is 364 g/mol. The Kier molecular flexibility index (Phi) is 4.89. The second-order valence-corrected chi connectivity index (χ2v) is 7.59. The van der Waals surface area contributed by atoms with Gasteiger partial charge in [0.1, 0.15) is 5.00 Å². The van der Waals surface area contributed by atoms with Crippen molar-refractivity contribution in [2.75, 3.05) is 18.5 Å². The van der Waals surface area contributed by atoms with Crippen molar-refractivity contribution in [3.8, 4) is 0 Å². The molecule has 0 radical (unpaired) electrons. The monoisotopic (exact) mass is 364 g/mol. The van der Waals surface area contributed by atoms with Crippen LogP contribution in [0.25, 0.3) is 0 Å². The zero-order valence-corrected chi connectivity index (χ0v) is 15.0. The molecular weight excluding hydrogens is 344 g/mol. The van der Waals surface area contributed by atoms with Gasteiger partial charge in [-0.1, -0.05) is 0 Å². The van der Waals surface area contributed by atoms with Crippen LogP contribution < -0.4 is 5.32 Å². The summed E-state index contributed by atoms with van der Waals surface area (Å²) in [6.45, 7) is 3.53. The van der Waals surface area contributed by atoms with Crippen molar-refractivity contribution in [1.82, 2.24) is 4.90 Å². The summed E-state index contributed by atoms with van der Waals surface area (Å²) in [4.78, 5) is 50.0. The zero-order chi connectivity index (χ0) is 18.1. The van der Waals surface area contributed by atoms with E-state index in [1.165, 1.54) is 11.3 Å². The van der Waals surface area contributed by atoms with E-state index in [1.807, 2.05) is 6.92 Å². The van der Waals surface area contributed by atoms with E-state index in [2.05, 4.69) is 5.32 Å². The number of esters is 1. The van der Waals surface area contributed by atoms with Gasteiger partial charge in [0.2, 0.25) is 11.8 Å². The number of thiophene rings is 1. The molecule has 2 aliphatic rings. The maximum Gasteiger partial charge on any atom is 0.341 e. The number of carbonyl (C=O) groups excluding carboxylic acids is 4. The molecule has 2 fully saturated rings. The molecule has 0 bridgehead atoms. The van der Waals surface area contributed by atoms with Crippen LogP contribution in [0.1, 0.15) is 46.5 Å². The quantitative estimate of drug-likeness (QED) is 0.807. The minimum Gasteiger partial charge on any atom is -0.452 e. The Hall–Kier alpha value is -2.22. The Morgan fingerprint density at radius 1 is 1.28 bits per heavy atom. The molecule has 3 amide bonds. The average Bonchev–Trinajstić information content (AvgIpc) is 3.28. The van der Waals surface area contributed by atoms with Gasteiger partial charge >= 0.3 is 5.97 Å². The van der Waals surface area contributed by atoms with Gasteiger partial charge in [-0.15, -0.1) is 11.3 Å². The molecule has 134 valence electrons. The molecule has 1 aromatic heterocycles. The van der Waals surface area contributed by atoms with E-state index < -0.39 is 18.5 Å². The molecule has 1 aliphatic carbocycles. The van der Waals surface area contributed by atoms with Crippen molar-refractivity contribution in [3.63, 3.8) is 0 Å². The second-order valence-electron chi connectivity index (χ2n) is 6.37. The Balaban J connectivity index is 1.67. The number of nitrogens with zero attached hydrogens (tertiary/aromatic N) is 1. The number of likely N-dealkylation sites (tertiary alicyclic amines) is 1. The number of imide groups is 1. The van der Waals surface area contributed by atoms with Gasteiger partial charge in [0.25, 0.3) is 5.91 Å². The van der Waals surface area contributed by atoms with E-state index in [9.17, 15) is 19.2 Å². The van der Waals surface area contributed by atoms with Gasteiger partial charge in [-0.3, -0.25) is 19.3 Å². The molecule has 2 heterocycles. The van der Waals surface area contributed by atoms with Crippen LogP contribution in [0.3, 0.4) is 0 Å². The summed E-state index contributed by atoms with van der Waals surface area (Å²) in [5, 5.41) is 3.25. The summed E-state index contributed by atoms with van der Waals surface area (Å²) in [7, 11) is 0. The molecule has 1 aromatic rings. The molecule has 1 saturated heterocycles. The van der Waals surface area contributed by atoms with Gasteiger partial charge in [0, 0.05) is 23.8 Å². The number of aryl methyl sites for hydroxylation is 1. The van der Waals surface area contributed by atoms with Gasteiger partial charge in [0.05, 0.1) is 5.56 Å². The maximum atomic E-state index is 12.4. The molecule has 0 aromatic carbocycles. The summed E-state index contributed by atoms with van der Waals surface area (Å²) in [6.07, 6.45) is 2.72. The van der Waals surface area contributed by atoms with E-state index in [0.717, 1.165) is 28.2 Å². The lowest BCUT2D eigenvalue weighted by atomic mass is 10.1. The van der Waals surface area contributed by atoms with Crippen molar-refractivity contribution < 1.29 is 23.9 Å². The fourth-order valence-corrected chi connectivity index (χ4v) is 3.76. The molecule has 1 N–H and O–H groups in total. The molecule has 8 heteroatoms. The smallest absolute Gasteiger partial charge is 0.341 e. The number of hydrogen-bond acceptors (Lipinski definition) is 6. The topological polar surface area (TPSA) is 92.8 Å². The Bertz CT molecular complexity index is 750. The van der Waals surface area contributed by atoms with Crippen LogP contribution in [0.4, 0.5) is 5.00 Å². The standard InChI is InChI=1S/C17H20N2O5S/c1-9-10(2)25-16(18-15(22)11-5-6-11)14(9)17(23)24-8-13(21)19-7-3-4-12(19)20/h11H,3-8H2,1-2H3,(H,18,22). The van der Waals surface area contributed by atoms with Gasteiger partial charge in [-0.2, -0.15) is 0 Å². The highest BCUT2D eigenvalue weighted by Crippen LogP contribution is 2.36. The lowest BCUT2D eigenvalue weighted by molar-refractivity contribution is -0.143. The largest absolute Gasteiger partial charge is 0.452 e. The normalized spacial score (nSPS) is 16.9. The summed E-state index contributed by atoms with van der Waals surface area (Å²) >= 11 is 1.32. The Morgan fingerprint density at radius 3 is 2.60 bits per heavy atom. The van der Waals surface area contributed by atoms with Crippen LogP contribution in [0.2, 0.25) is 0 Å². The van der Waals surface area contributed by atoms with Gasteiger partial charge in [0.15, 0.2) is 6.61 Å². The summed E-state index contributed by atoms with van der Waals surface area (Å²) in [6, 6.07) is 0. The summed E-state index contributed by atoms with van der Waals surface area (Å²) < 4.78 is 5.12. The maximum absolute atomic E-state index is 12.4. The van der Waals surface area contributed by atoms with Gasteiger partial charge < -0.3 is 10.1 Å². The SMILES string of the molecule is Cc1sc(NC(=O)C2CC2)c(C(=O)OCC(=O)N2CCCC2=O)c1C. The fourth-order valence-electron chi connectivity index (χ4n) is 2.71. The minimum atomic E-state index is -0.659. The highest BCUT2D eigenvalue weighted by atomic mass is 32.1. The first-order valence-corrected chi connectivity index (χ1v) is 9.11. The van der Waals surface area contributed by atoms with Gasteiger partial charge in [-0.05, 0) is 38.7 Å². The first kappa shape index (κ1) is 17.6. The molecular formula is C17H20N2O5S. The van der Waals surface area contributed by atoms with Gasteiger partial charge in [-0.25, -0.2) is 4.79 Å². The molecule has 0 atom stereocenters. The number of ether oxygens (including phenoxy) is 1. The molecule has 7 nitrogen and oxygen atoms in total. The molecule has 0 spiro atoms. The first-order valence-electron chi connectivity index (χ1n) is 8.29. The third-order valence-electron chi connectivity index (χ3n) is 4.48. The zero-order valence-electron chi connectivity index (χ0n) is 14.2.